The van der Waals surface area contributed by atoms with Crippen LogP contribution in [0.25, 0.3) is 10.9 Å². The first-order valence-electron chi connectivity index (χ1n) is 12.5. The fourth-order valence-corrected chi connectivity index (χ4v) is 6.31. The number of aromatic nitrogens is 2. The van der Waals surface area contributed by atoms with Gasteiger partial charge in [0.15, 0.2) is 5.01 Å². The Balaban J connectivity index is 1.34. The SMILES string of the molecule is CN1CCc2nc(C(=O)N[C@@H]3CC(C(=O)N(C)C)CC[C@@H]3NC(=O)c3cc4cc(F)ccc4[nH]3)sc2C1. The number of amides is 3. The van der Waals surface area contributed by atoms with Crippen LogP contribution in [-0.2, 0) is 17.8 Å². The molecule has 1 fully saturated rings. The van der Waals surface area contributed by atoms with Crippen LogP contribution < -0.4 is 10.6 Å². The largest absolute Gasteiger partial charge is 0.351 e. The lowest BCUT2D eigenvalue weighted by Gasteiger charge is -2.37. The van der Waals surface area contributed by atoms with Crippen LogP contribution in [0.2, 0.25) is 0 Å². The molecule has 2 aromatic heterocycles. The van der Waals surface area contributed by atoms with Crippen LogP contribution in [0.15, 0.2) is 24.3 Å². The van der Waals surface area contributed by atoms with Crippen molar-refractivity contribution in [1.82, 2.24) is 30.4 Å². The first-order valence-corrected chi connectivity index (χ1v) is 13.3. The van der Waals surface area contributed by atoms with Gasteiger partial charge in [0.1, 0.15) is 11.5 Å². The molecule has 1 aliphatic heterocycles. The van der Waals surface area contributed by atoms with Crippen LogP contribution in [0, 0.1) is 11.7 Å². The highest BCUT2D eigenvalue weighted by atomic mass is 32.1. The molecule has 37 heavy (non-hydrogen) atoms. The summed E-state index contributed by atoms with van der Waals surface area (Å²) >= 11 is 1.40. The number of carbonyl (C=O) groups excluding carboxylic acids is 3. The Hall–Kier alpha value is -3.31. The maximum atomic E-state index is 13.6. The van der Waals surface area contributed by atoms with Crippen molar-refractivity contribution in [3.8, 4) is 0 Å². The molecule has 9 nitrogen and oxygen atoms in total. The predicted molar refractivity (Wildman–Crippen MR) is 139 cm³/mol. The first kappa shape index (κ1) is 25.3. The van der Waals surface area contributed by atoms with Crippen LogP contribution in [-0.4, -0.2) is 77.3 Å². The van der Waals surface area contributed by atoms with E-state index in [2.05, 4.69) is 25.5 Å². The number of hydrogen-bond donors (Lipinski definition) is 3. The molecule has 1 aromatic carbocycles. The van der Waals surface area contributed by atoms with E-state index in [4.69, 9.17) is 0 Å². The number of thiazole rings is 1. The Kier molecular flexibility index (Phi) is 7.00. The molecule has 196 valence electrons. The van der Waals surface area contributed by atoms with Crippen LogP contribution in [0.5, 0.6) is 0 Å². The van der Waals surface area contributed by atoms with Gasteiger partial charge in [0, 0.05) is 61.3 Å². The number of halogens is 1. The summed E-state index contributed by atoms with van der Waals surface area (Å²) in [6.45, 7) is 1.68. The van der Waals surface area contributed by atoms with Crippen molar-refractivity contribution in [2.75, 3.05) is 27.7 Å². The van der Waals surface area contributed by atoms with E-state index in [1.165, 1.54) is 23.5 Å². The third kappa shape index (κ3) is 5.37. The van der Waals surface area contributed by atoms with Gasteiger partial charge in [-0.25, -0.2) is 9.37 Å². The van der Waals surface area contributed by atoms with Gasteiger partial charge in [-0.2, -0.15) is 0 Å². The van der Waals surface area contributed by atoms with Crippen molar-refractivity contribution < 1.29 is 18.8 Å². The summed E-state index contributed by atoms with van der Waals surface area (Å²) in [6, 6.07) is 5.10. The Labute approximate surface area is 218 Å². The smallest absolute Gasteiger partial charge is 0.280 e. The fourth-order valence-electron chi connectivity index (χ4n) is 5.21. The van der Waals surface area contributed by atoms with E-state index in [9.17, 15) is 18.8 Å². The third-order valence-corrected chi connectivity index (χ3v) is 8.30. The van der Waals surface area contributed by atoms with E-state index in [1.807, 2.05) is 7.05 Å². The van der Waals surface area contributed by atoms with Gasteiger partial charge in [0.25, 0.3) is 11.8 Å². The van der Waals surface area contributed by atoms with E-state index < -0.39 is 6.04 Å². The molecule has 1 saturated carbocycles. The highest BCUT2D eigenvalue weighted by Gasteiger charge is 2.37. The Bertz CT molecular complexity index is 1350. The fraction of sp³-hybridized carbons (Fsp3) is 0.462. The van der Waals surface area contributed by atoms with Gasteiger partial charge in [-0.05, 0) is 50.6 Å². The zero-order chi connectivity index (χ0) is 26.3. The lowest BCUT2D eigenvalue weighted by Crippen LogP contribution is -2.56. The second-order valence-corrected chi connectivity index (χ2v) is 11.3. The number of H-pyrrole nitrogens is 1. The number of carbonyl (C=O) groups is 3. The minimum absolute atomic E-state index is 0.00872. The summed E-state index contributed by atoms with van der Waals surface area (Å²) in [7, 11) is 5.49. The van der Waals surface area contributed by atoms with Crippen molar-refractivity contribution in [3.63, 3.8) is 0 Å². The molecule has 11 heteroatoms. The average Bonchev–Trinajstić information content (AvgIpc) is 3.48. The summed E-state index contributed by atoms with van der Waals surface area (Å²) in [5, 5.41) is 7.12. The minimum atomic E-state index is -0.440. The van der Waals surface area contributed by atoms with Gasteiger partial charge in [0.2, 0.25) is 5.91 Å². The van der Waals surface area contributed by atoms with Crippen LogP contribution in [0.4, 0.5) is 4.39 Å². The number of nitrogens with one attached hydrogen (secondary N) is 3. The number of hydrogen-bond acceptors (Lipinski definition) is 6. The molecule has 0 radical (unpaired) electrons. The molecule has 5 rings (SSSR count). The molecular formula is C26H31FN6O3S. The molecule has 0 saturated heterocycles. The standard InChI is InChI=1S/C26H31FN6O3S/c1-32(2)26(36)14-4-6-18(29-23(34)21-12-15-10-16(27)5-7-17(15)28-21)20(11-14)30-24(35)25-31-19-8-9-33(3)13-22(19)37-25/h5,7,10,12,14,18,20,28H,4,6,8-9,11,13H2,1-3H3,(H,29,34)(H,30,35)/t14?,18-,20+/m0/s1. The molecule has 3 atom stereocenters. The van der Waals surface area contributed by atoms with Crippen molar-refractivity contribution in [2.24, 2.45) is 5.92 Å². The maximum absolute atomic E-state index is 13.6. The molecule has 3 amide bonds. The highest BCUT2D eigenvalue weighted by molar-refractivity contribution is 7.13. The van der Waals surface area contributed by atoms with Crippen molar-refractivity contribution in [1.29, 1.82) is 0 Å². The number of rotatable bonds is 5. The topological polar surface area (TPSA) is 110 Å². The van der Waals surface area contributed by atoms with Gasteiger partial charge in [0.05, 0.1) is 11.7 Å². The lowest BCUT2D eigenvalue weighted by molar-refractivity contribution is -0.134. The van der Waals surface area contributed by atoms with Gasteiger partial charge in [-0.3, -0.25) is 14.4 Å². The number of fused-ring (bicyclic) bond motifs is 2. The highest BCUT2D eigenvalue weighted by Crippen LogP contribution is 2.29. The molecule has 3 heterocycles. The van der Waals surface area contributed by atoms with Crippen molar-refractivity contribution in [2.45, 2.75) is 44.3 Å². The van der Waals surface area contributed by atoms with E-state index in [1.54, 1.807) is 31.1 Å². The van der Waals surface area contributed by atoms with Crippen LogP contribution in [0.1, 0.15) is 50.1 Å². The quantitative estimate of drug-likeness (QED) is 0.473. The summed E-state index contributed by atoms with van der Waals surface area (Å²) in [6.07, 6.45) is 2.37. The molecule has 1 aliphatic carbocycles. The van der Waals surface area contributed by atoms with Crippen LogP contribution in [0.3, 0.4) is 0 Å². The monoisotopic (exact) mass is 526 g/mol. The third-order valence-electron chi connectivity index (χ3n) is 7.22. The number of likely N-dealkylation sites (N-methyl/N-ethyl adjacent to an activating group) is 1. The zero-order valence-electron chi connectivity index (χ0n) is 21.1. The normalized spacial score (nSPS) is 21.9. The summed E-state index contributed by atoms with van der Waals surface area (Å²) < 4.78 is 13.6. The maximum Gasteiger partial charge on any atom is 0.280 e. The molecule has 0 spiro atoms. The number of aromatic amines is 1. The molecule has 0 bridgehead atoms. The summed E-state index contributed by atoms with van der Waals surface area (Å²) in [5.74, 6) is -1.24. The zero-order valence-corrected chi connectivity index (χ0v) is 22.0. The Morgan fingerprint density at radius 2 is 1.92 bits per heavy atom. The molecule has 1 unspecified atom stereocenters. The van der Waals surface area contributed by atoms with Crippen LogP contribution >= 0.6 is 11.3 Å². The minimum Gasteiger partial charge on any atom is -0.351 e. The second-order valence-electron chi connectivity index (χ2n) is 10.2. The van der Waals surface area contributed by atoms with E-state index >= 15 is 0 Å². The van der Waals surface area contributed by atoms with Gasteiger partial charge in [-0.1, -0.05) is 0 Å². The van der Waals surface area contributed by atoms with E-state index in [-0.39, 0.29) is 35.5 Å². The molecule has 3 N–H and O–H groups in total. The van der Waals surface area contributed by atoms with Gasteiger partial charge >= 0.3 is 0 Å². The Morgan fingerprint density at radius 3 is 2.70 bits per heavy atom. The predicted octanol–water partition coefficient (Wildman–Crippen LogP) is 2.54. The molecule has 3 aromatic rings. The van der Waals surface area contributed by atoms with E-state index in [0.717, 1.165) is 30.1 Å². The average molecular weight is 527 g/mol. The number of nitrogens with zero attached hydrogens (tertiary/aromatic N) is 3. The number of benzene rings is 1. The second kappa shape index (κ2) is 10.2. The molecular weight excluding hydrogens is 495 g/mol. The molecule has 2 aliphatic rings. The van der Waals surface area contributed by atoms with Crippen molar-refractivity contribution in [3.05, 3.63) is 51.4 Å². The lowest BCUT2D eigenvalue weighted by atomic mass is 9.81. The van der Waals surface area contributed by atoms with E-state index in [0.29, 0.717) is 40.9 Å². The first-order chi connectivity index (χ1) is 17.7. The van der Waals surface area contributed by atoms with Gasteiger partial charge < -0.3 is 25.4 Å². The Morgan fingerprint density at radius 1 is 1.14 bits per heavy atom. The summed E-state index contributed by atoms with van der Waals surface area (Å²) in [4.78, 5) is 51.6. The van der Waals surface area contributed by atoms with Gasteiger partial charge in [-0.15, -0.1) is 11.3 Å². The summed E-state index contributed by atoms with van der Waals surface area (Å²) in [5.41, 5.74) is 1.95. The van der Waals surface area contributed by atoms with Crippen molar-refractivity contribution >= 4 is 40.0 Å².